The molecule has 1 aromatic carbocycles. The standard InChI is InChI=1S/C6H5.C5H5.F6P.Fe/c1-2-4-6-5-3-1;1-2-4-5-3-1;1-7(2,3,4,5)6;/h1-5H;1-5H;;/q;;-1;. The first-order chi connectivity index (χ1) is 8.40. The van der Waals surface area contributed by atoms with Crippen LogP contribution in [0, 0.1) is 0 Å². The van der Waals surface area contributed by atoms with Gasteiger partial charge in [-0.15, -0.1) is 0 Å². The van der Waals surface area contributed by atoms with Crippen molar-refractivity contribution in [2.45, 2.75) is 4.82 Å². The van der Waals surface area contributed by atoms with Gasteiger partial charge in [0.05, 0.1) is 0 Å². The third-order valence-electron chi connectivity index (χ3n) is 1.65. The first kappa shape index (κ1) is 16.3. The first-order valence-electron chi connectivity index (χ1n) is 4.97. The zero-order chi connectivity index (χ0) is 14.6. The van der Waals surface area contributed by atoms with Crippen molar-refractivity contribution in [1.29, 1.82) is 0 Å². The fraction of sp³-hybridized carbons (Fsp3) is 0.0909. The van der Waals surface area contributed by atoms with Crippen LogP contribution in [0.5, 0.6) is 0 Å². The molecule has 0 aliphatic heterocycles. The quantitative estimate of drug-likeness (QED) is 0.368. The van der Waals surface area contributed by atoms with Gasteiger partial charge in [-0.2, -0.15) is 0 Å². The summed E-state index contributed by atoms with van der Waals surface area (Å²) in [5, 5.41) is 0. The Labute approximate surface area is 112 Å². The minimum atomic E-state index is -10.7. The van der Waals surface area contributed by atoms with Gasteiger partial charge in [0.15, 0.2) is 0 Å². The molecule has 0 saturated carbocycles. The third kappa shape index (κ3) is 12.0. The Hall–Kier alpha value is -0.771. The van der Waals surface area contributed by atoms with E-state index in [0.717, 1.165) is 15.0 Å². The molecule has 0 aromatic heterocycles. The molecule has 8 heteroatoms. The van der Waals surface area contributed by atoms with Crippen LogP contribution in [0.3, 0.4) is 0 Å². The molecule has 0 fully saturated rings. The molecule has 0 saturated heterocycles. The monoisotopic (exact) mass is 343 g/mol. The maximum atomic E-state index is 9.87. The molecule has 0 radical (unpaired) electrons. The van der Waals surface area contributed by atoms with E-state index in [0.29, 0.717) is 4.82 Å². The summed E-state index contributed by atoms with van der Waals surface area (Å²) in [6.07, 6.45) is 8.72. The van der Waals surface area contributed by atoms with Gasteiger partial charge in [-0.25, -0.2) is 0 Å². The predicted molar refractivity (Wildman–Crippen MR) is 61.7 cm³/mol. The van der Waals surface area contributed by atoms with E-state index in [4.69, 9.17) is 0 Å². The summed E-state index contributed by atoms with van der Waals surface area (Å²) < 4.78 is 60.6. The summed E-state index contributed by atoms with van der Waals surface area (Å²) >= 11 is 1.13. The van der Waals surface area contributed by atoms with E-state index in [2.05, 4.69) is 54.6 Å². The average Bonchev–Trinajstić information content (AvgIpc) is 2.67. The predicted octanol–water partition coefficient (Wildman–Crippen LogP) is 5.69. The molecule has 2 rings (SSSR count). The van der Waals surface area contributed by atoms with E-state index in [-0.39, 0.29) is 0 Å². The van der Waals surface area contributed by atoms with Crippen molar-refractivity contribution in [2.24, 2.45) is 0 Å². The van der Waals surface area contributed by atoms with E-state index in [9.17, 15) is 25.2 Å². The van der Waals surface area contributed by atoms with Crippen molar-refractivity contribution in [2.75, 3.05) is 0 Å². The number of rotatable bonds is 2. The van der Waals surface area contributed by atoms with Crippen LogP contribution in [0.4, 0.5) is 25.2 Å². The number of hydrogen-bond acceptors (Lipinski definition) is 0. The summed E-state index contributed by atoms with van der Waals surface area (Å²) in [4.78, 5) is 0.618. The normalized spacial score (nSPS) is 18.6. The van der Waals surface area contributed by atoms with Crippen LogP contribution in [-0.4, -0.2) is 0 Å². The first-order valence-corrected chi connectivity index (χ1v) is 8.19. The minimum absolute atomic E-state index is 0.618. The second-order valence-electron chi connectivity index (χ2n) is 3.54. The number of benzene rings is 1. The molecule has 1 aromatic rings. The van der Waals surface area contributed by atoms with Gasteiger partial charge in [0, 0.05) is 0 Å². The van der Waals surface area contributed by atoms with Gasteiger partial charge in [-0.3, -0.25) is 0 Å². The van der Waals surface area contributed by atoms with E-state index in [1.165, 1.54) is 4.46 Å². The fourth-order valence-electron chi connectivity index (χ4n) is 1.08. The van der Waals surface area contributed by atoms with Gasteiger partial charge in [-0.1, -0.05) is 0 Å². The topological polar surface area (TPSA) is 0 Å². The van der Waals surface area contributed by atoms with Crippen molar-refractivity contribution in [1.82, 2.24) is 0 Å². The summed E-state index contributed by atoms with van der Waals surface area (Å²) in [5.41, 5.74) is 0. The molecule has 110 valence electrons. The Balaban J connectivity index is 0.000000224. The second kappa shape index (κ2) is 4.97. The second-order valence-corrected chi connectivity index (χ2v) is 7.15. The average molecular weight is 343 g/mol. The van der Waals surface area contributed by atoms with Gasteiger partial charge in [-0.05, 0) is 0 Å². The number of halogens is 6. The third-order valence-corrected chi connectivity index (χ3v) is 3.18. The Bertz CT molecular complexity index is 453. The molecule has 0 atom stereocenters. The van der Waals surface area contributed by atoms with Crippen LogP contribution < -0.4 is 4.46 Å². The van der Waals surface area contributed by atoms with Gasteiger partial charge in [0.2, 0.25) is 0 Å². The fourth-order valence-corrected chi connectivity index (χ4v) is 2.39. The molecule has 19 heavy (non-hydrogen) atoms. The van der Waals surface area contributed by atoms with Crippen LogP contribution in [0.2, 0.25) is 4.82 Å². The van der Waals surface area contributed by atoms with E-state index < -0.39 is 7.81 Å². The molecule has 0 N–H and O–H groups in total. The Morgan fingerprint density at radius 2 is 1.21 bits per heavy atom. The van der Waals surface area contributed by atoms with Gasteiger partial charge in [0.1, 0.15) is 0 Å². The maximum absolute atomic E-state index is 10.7. The Kier molecular flexibility index (Phi) is 4.26. The molecule has 1 aliphatic carbocycles. The van der Waals surface area contributed by atoms with Crippen molar-refractivity contribution in [3.05, 3.63) is 54.6 Å². The van der Waals surface area contributed by atoms with Crippen LogP contribution in [0.15, 0.2) is 54.6 Å². The van der Waals surface area contributed by atoms with E-state index in [1.807, 2.05) is 0 Å². The van der Waals surface area contributed by atoms with Crippen molar-refractivity contribution in [3.63, 3.8) is 0 Å². The van der Waals surface area contributed by atoms with Gasteiger partial charge < -0.3 is 0 Å². The van der Waals surface area contributed by atoms with Crippen LogP contribution in [-0.2, 0) is 15.0 Å². The molecule has 0 spiro atoms. The molecule has 0 amide bonds. The number of allylic oxidation sites excluding steroid dienone is 4. The molecule has 1 aliphatic rings. The molecular weight excluding hydrogens is 333 g/mol. The summed E-state index contributed by atoms with van der Waals surface area (Å²) in [7, 11) is -10.7. The molecule has 0 bridgehead atoms. The van der Waals surface area contributed by atoms with Crippen molar-refractivity contribution in [3.8, 4) is 0 Å². The molecule has 0 heterocycles. The summed E-state index contributed by atoms with van der Waals surface area (Å²) in [5.74, 6) is 0. The molecule has 0 nitrogen and oxygen atoms in total. The van der Waals surface area contributed by atoms with Crippen LogP contribution in [0.25, 0.3) is 0 Å². The van der Waals surface area contributed by atoms with Crippen molar-refractivity contribution < 1.29 is 40.1 Å². The molecule has 0 unspecified atom stereocenters. The Morgan fingerprint density at radius 1 is 0.789 bits per heavy atom. The van der Waals surface area contributed by atoms with Gasteiger partial charge in [0.25, 0.3) is 0 Å². The zero-order valence-corrected chi connectivity index (χ0v) is 11.3. The zero-order valence-electron chi connectivity index (χ0n) is 9.34. The van der Waals surface area contributed by atoms with Crippen LogP contribution in [0.1, 0.15) is 0 Å². The summed E-state index contributed by atoms with van der Waals surface area (Å²) in [6.45, 7) is 0. The Morgan fingerprint density at radius 3 is 1.63 bits per heavy atom. The number of hydrogen-bond donors (Lipinski definition) is 0. The molecular formula is C11H10F6FeP-. The van der Waals surface area contributed by atoms with E-state index in [1.54, 1.807) is 0 Å². The summed E-state index contributed by atoms with van der Waals surface area (Å²) in [6, 6.07) is 10.6. The van der Waals surface area contributed by atoms with Gasteiger partial charge >= 0.3 is 112 Å². The SMILES string of the molecule is C1=C[CH]([Fe][c]2ccccc2)C=C1.F[P-](F)(F)(F)(F)F. The van der Waals surface area contributed by atoms with E-state index >= 15 is 0 Å². The van der Waals surface area contributed by atoms with Crippen molar-refractivity contribution >= 4 is 12.3 Å². The van der Waals surface area contributed by atoms with Crippen LogP contribution >= 0.6 is 7.81 Å².